The molecule has 0 amide bonds. The molecule has 0 aromatic carbocycles. The van der Waals surface area contributed by atoms with E-state index in [0.29, 0.717) is 0 Å². The van der Waals surface area contributed by atoms with Gasteiger partial charge in [-0.3, -0.25) is 4.99 Å². The molecule has 0 spiro atoms. The average Bonchev–Trinajstić information content (AvgIpc) is 2.47. The minimum absolute atomic E-state index is 0.198. The Kier molecular flexibility index (Phi) is 3.09. The lowest BCUT2D eigenvalue weighted by Crippen LogP contribution is -1.90. The number of aryl methyl sites for hydroxylation is 1. The largest absolute Gasteiger partial charge is 0.464 e. The van der Waals surface area contributed by atoms with E-state index < -0.39 is 0 Å². The Labute approximate surface area is 73.3 Å². The van der Waals surface area contributed by atoms with Crippen molar-refractivity contribution < 1.29 is 4.42 Å². The first-order chi connectivity index (χ1) is 5.77. The Morgan fingerprint density at radius 3 is 2.75 bits per heavy atom. The van der Waals surface area contributed by atoms with E-state index in [-0.39, 0.29) is 6.04 Å². The lowest BCUT2D eigenvalue weighted by Gasteiger charge is -2.04. The van der Waals surface area contributed by atoms with E-state index >= 15 is 0 Å². The van der Waals surface area contributed by atoms with Crippen molar-refractivity contribution in [3.63, 3.8) is 0 Å². The van der Waals surface area contributed by atoms with Gasteiger partial charge >= 0.3 is 0 Å². The van der Waals surface area contributed by atoms with Gasteiger partial charge in [0.2, 0.25) is 0 Å². The van der Waals surface area contributed by atoms with Gasteiger partial charge in [0.05, 0.1) is 0 Å². The first-order valence-corrected chi connectivity index (χ1v) is 4.32. The lowest BCUT2D eigenvalue weighted by atomic mass is 10.2. The summed E-state index contributed by atoms with van der Waals surface area (Å²) in [5.41, 5.74) is 0. The van der Waals surface area contributed by atoms with Crippen LogP contribution >= 0.6 is 0 Å². The number of hydrogen-bond donors (Lipinski definition) is 0. The van der Waals surface area contributed by atoms with Crippen LogP contribution in [0.25, 0.3) is 0 Å². The van der Waals surface area contributed by atoms with E-state index in [1.165, 1.54) is 0 Å². The summed E-state index contributed by atoms with van der Waals surface area (Å²) in [4.78, 5) is 4.31. The number of aliphatic imine (C=N–C) groups is 1. The molecule has 0 fully saturated rings. The first kappa shape index (κ1) is 9.04. The van der Waals surface area contributed by atoms with E-state index in [9.17, 15) is 0 Å². The molecule has 0 aliphatic carbocycles. The second-order valence-corrected chi connectivity index (χ2v) is 2.78. The second kappa shape index (κ2) is 4.10. The molecule has 2 nitrogen and oxygen atoms in total. The summed E-state index contributed by atoms with van der Waals surface area (Å²) in [6.45, 7) is 5.99. The van der Waals surface area contributed by atoms with Crippen molar-refractivity contribution in [3.05, 3.63) is 23.7 Å². The van der Waals surface area contributed by atoms with Gasteiger partial charge in [-0.05, 0) is 38.6 Å². The molecule has 66 valence electrons. The van der Waals surface area contributed by atoms with Crippen LogP contribution < -0.4 is 0 Å². The number of rotatable bonds is 3. The standard InChI is InChI=1S/C10H15NO/c1-4-9(11-5-2)10-7-6-8(3)12-10/h5-7,9H,4H2,1-3H3/t9-/m1/s1. The summed E-state index contributed by atoms with van der Waals surface area (Å²) in [7, 11) is 0. The molecule has 1 aromatic heterocycles. The van der Waals surface area contributed by atoms with Crippen LogP contribution in [0.5, 0.6) is 0 Å². The quantitative estimate of drug-likeness (QED) is 0.632. The molecule has 1 rings (SSSR count). The molecular formula is C10H15NO. The van der Waals surface area contributed by atoms with Gasteiger partial charge in [-0.1, -0.05) is 6.92 Å². The molecule has 0 N–H and O–H groups in total. The molecule has 1 aromatic rings. The SMILES string of the molecule is CC=N[C@H](CC)c1ccc(C)o1. The van der Waals surface area contributed by atoms with Gasteiger partial charge in [0.25, 0.3) is 0 Å². The molecule has 0 aliphatic heterocycles. The fraction of sp³-hybridized carbons (Fsp3) is 0.500. The minimum atomic E-state index is 0.198. The van der Waals surface area contributed by atoms with Crippen LogP contribution in [0.1, 0.15) is 37.8 Å². The fourth-order valence-electron chi connectivity index (χ4n) is 1.19. The van der Waals surface area contributed by atoms with Crippen molar-refractivity contribution in [2.45, 2.75) is 33.2 Å². The zero-order valence-electron chi connectivity index (χ0n) is 7.87. The Bertz CT molecular complexity index is 263. The van der Waals surface area contributed by atoms with Crippen LogP contribution in [0.2, 0.25) is 0 Å². The van der Waals surface area contributed by atoms with E-state index in [0.717, 1.165) is 17.9 Å². The Hall–Kier alpha value is -1.05. The molecule has 0 saturated heterocycles. The van der Waals surface area contributed by atoms with Crippen molar-refractivity contribution >= 4 is 6.21 Å². The molecule has 0 aliphatic rings. The predicted octanol–water partition coefficient (Wildman–Crippen LogP) is 3.13. The second-order valence-electron chi connectivity index (χ2n) is 2.78. The molecule has 1 atom stereocenters. The minimum Gasteiger partial charge on any atom is -0.464 e. The third kappa shape index (κ3) is 1.97. The lowest BCUT2D eigenvalue weighted by molar-refractivity contribution is 0.443. The maximum absolute atomic E-state index is 5.48. The topological polar surface area (TPSA) is 25.5 Å². The fourth-order valence-corrected chi connectivity index (χ4v) is 1.19. The monoisotopic (exact) mass is 165 g/mol. The van der Waals surface area contributed by atoms with Gasteiger partial charge in [-0.25, -0.2) is 0 Å². The highest BCUT2D eigenvalue weighted by Gasteiger charge is 2.09. The van der Waals surface area contributed by atoms with Crippen molar-refractivity contribution in [2.75, 3.05) is 0 Å². The van der Waals surface area contributed by atoms with Crippen LogP contribution in [0, 0.1) is 6.92 Å². The highest BCUT2D eigenvalue weighted by atomic mass is 16.3. The Balaban J connectivity index is 2.79. The molecule has 0 bridgehead atoms. The van der Waals surface area contributed by atoms with Gasteiger partial charge in [0.1, 0.15) is 17.6 Å². The summed E-state index contributed by atoms with van der Waals surface area (Å²) in [5.74, 6) is 1.92. The molecular weight excluding hydrogens is 150 g/mol. The number of furan rings is 1. The van der Waals surface area contributed by atoms with E-state index in [1.807, 2.05) is 32.2 Å². The van der Waals surface area contributed by atoms with E-state index in [1.54, 1.807) is 0 Å². The smallest absolute Gasteiger partial charge is 0.128 e. The summed E-state index contributed by atoms with van der Waals surface area (Å²) < 4.78 is 5.48. The highest BCUT2D eigenvalue weighted by Crippen LogP contribution is 2.22. The normalized spacial score (nSPS) is 13.9. The Morgan fingerprint density at radius 1 is 1.58 bits per heavy atom. The molecule has 12 heavy (non-hydrogen) atoms. The van der Waals surface area contributed by atoms with Crippen LogP contribution in [0.3, 0.4) is 0 Å². The predicted molar refractivity (Wildman–Crippen MR) is 50.6 cm³/mol. The van der Waals surface area contributed by atoms with Gasteiger partial charge in [-0.15, -0.1) is 0 Å². The molecule has 0 unspecified atom stereocenters. The summed E-state index contributed by atoms with van der Waals surface area (Å²) in [6.07, 6.45) is 2.81. The third-order valence-electron chi connectivity index (χ3n) is 1.81. The average molecular weight is 165 g/mol. The zero-order valence-corrected chi connectivity index (χ0v) is 7.87. The summed E-state index contributed by atoms with van der Waals surface area (Å²) in [5, 5.41) is 0. The zero-order chi connectivity index (χ0) is 8.97. The molecule has 1 heterocycles. The summed E-state index contributed by atoms with van der Waals surface area (Å²) >= 11 is 0. The van der Waals surface area contributed by atoms with Crippen LogP contribution in [0.15, 0.2) is 21.5 Å². The van der Waals surface area contributed by atoms with Crippen molar-refractivity contribution in [1.82, 2.24) is 0 Å². The van der Waals surface area contributed by atoms with Crippen molar-refractivity contribution in [2.24, 2.45) is 4.99 Å². The van der Waals surface area contributed by atoms with Crippen LogP contribution in [0.4, 0.5) is 0 Å². The van der Waals surface area contributed by atoms with Gasteiger partial charge < -0.3 is 4.42 Å². The maximum atomic E-state index is 5.48. The van der Waals surface area contributed by atoms with Crippen molar-refractivity contribution in [3.8, 4) is 0 Å². The number of hydrogen-bond acceptors (Lipinski definition) is 2. The first-order valence-electron chi connectivity index (χ1n) is 4.32. The maximum Gasteiger partial charge on any atom is 0.128 e. The highest BCUT2D eigenvalue weighted by molar-refractivity contribution is 5.53. The van der Waals surface area contributed by atoms with Gasteiger partial charge in [0.15, 0.2) is 0 Å². The summed E-state index contributed by atoms with van der Waals surface area (Å²) in [6, 6.07) is 4.17. The Morgan fingerprint density at radius 2 is 2.33 bits per heavy atom. The molecule has 0 radical (unpaired) electrons. The van der Waals surface area contributed by atoms with Crippen LogP contribution in [-0.2, 0) is 0 Å². The molecule has 0 saturated carbocycles. The number of nitrogens with zero attached hydrogens (tertiary/aromatic N) is 1. The van der Waals surface area contributed by atoms with Gasteiger partial charge in [0, 0.05) is 0 Å². The van der Waals surface area contributed by atoms with Crippen LogP contribution in [-0.4, -0.2) is 6.21 Å². The van der Waals surface area contributed by atoms with E-state index in [4.69, 9.17) is 4.42 Å². The van der Waals surface area contributed by atoms with E-state index in [2.05, 4.69) is 11.9 Å². The molecule has 2 heteroatoms. The van der Waals surface area contributed by atoms with Crippen molar-refractivity contribution in [1.29, 1.82) is 0 Å². The third-order valence-corrected chi connectivity index (χ3v) is 1.81. The van der Waals surface area contributed by atoms with Gasteiger partial charge in [-0.2, -0.15) is 0 Å².